The summed E-state index contributed by atoms with van der Waals surface area (Å²) in [5.41, 5.74) is 3.30. The second kappa shape index (κ2) is 11.2. The first-order valence-electron chi connectivity index (χ1n) is 12.3. The fraction of sp³-hybridized carbons (Fsp3) is 0.345. The first-order valence-corrected chi connectivity index (χ1v) is 12.7. The number of carbonyl (C=O) groups is 3. The van der Waals surface area contributed by atoms with Crippen LogP contribution in [0.25, 0.3) is 0 Å². The number of hydrogen-bond acceptors (Lipinski definition) is 7. The maximum atomic E-state index is 14.3. The highest BCUT2D eigenvalue weighted by Gasteiger charge is 2.49. The molecule has 2 aromatic rings. The molecule has 1 aliphatic carbocycles. The zero-order chi connectivity index (χ0) is 26.7. The van der Waals surface area contributed by atoms with Gasteiger partial charge in [0.15, 0.2) is 5.78 Å². The van der Waals surface area contributed by atoms with E-state index in [1.54, 1.807) is 52.1 Å². The number of dihydropyridines is 1. The van der Waals surface area contributed by atoms with E-state index in [-0.39, 0.29) is 13.2 Å². The zero-order valence-electron chi connectivity index (χ0n) is 21.3. The third-order valence-corrected chi connectivity index (χ3v) is 7.01. The predicted molar refractivity (Wildman–Crippen MR) is 139 cm³/mol. The second-order valence-corrected chi connectivity index (χ2v) is 9.35. The number of allylic oxidation sites excluding steroid dienone is 3. The Hall–Kier alpha value is -3.58. The summed E-state index contributed by atoms with van der Waals surface area (Å²) in [6, 6.07) is 14.4. The summed E-state index contributed by atoms with van der Waals surface area (Å²) in [6.45, 7) is 5.53. The van der Waals surface area contributed by atoms with Gasteiger partial charge in [-0.15, -0.1) is 0 Å². The van der Waals surface area contributed by atoms with E-state index in [0.29, 0.717) is 45.3 Å². The van der Waals surface area contributed by atoms with Crippen LogP contribution in [0.4, 0.5) is 0 Å². The Labute approximate surface area is 221 Å². The second-order valence-electron chi connectivity index (χ2n) is 8.91. The minimum atomic E-state index is -1.11. The van der Waals surface area contributed by atoms with Crippen LogP contribution < -0.4 is 10.1 Å². The van der Waals surface area contributed by atoms with Crippen LogP contribution in [0, 0.1) is 5.92 Å². The average molecular weight is 524 g/mol. The number of rotatable bonds is 7. The van der Waals surface area contributed by atoms with Crippen molar-refractivity contribution in [3.8, 4) is 5.75 Å². The number of methoxy groups -OCH3 is 1. The van der Waals surface area contributed by atoms with Gasteiger partial charge in [-0.1, -0.05) is 41.9 Å². The van der Waals surface area contributed by atoms with Crippen molar-refractivity contribution in [3.05, 3.63) is 87.2 Å². The maximum Gasteiger partial charge on any atom is 0.336 e. The fourth-order valence-corrected chi connectivity index (χ4v) is 5.50. The van der Waals surface area contributed by atoms with Crippen LogP contribution in [0.5, 0.6) is 5.75 Å². The molecule has 8 heteroatoms. The van der Waals surface area contributed by atoms with E-state index in [9.17, 15) is 14.4 Å². The number of esters is 2. The first-order chi connectivity index (χ1) is 17.8. The summed E-state index contributed by atoms with van der Waals surface area (Å²) in [4.78, 5) is 40.8. The zero-order valence-corrected chi connectivity index (χ0v) is 22.1. The Morgan fingerprint density at radius 2 is 1.78 bits per heavy atom. The molecule has 3 atom stereocenters. The Balaban J connectivity index is 1.92. The van der Waals surface area contributed by atoms with Gasteiger partial charge in [-0.05, 0) is 56.5 Å². The molecule has 0 fully saturated rings. The lowest BCUT2D eigenvalue weighted by Crippen LogP contribution is -2.43. The van der Waals surface area contributed by atoms with Gasteiger partial charge in [-0.2, -0.15) is 0 Å². The van der Waals surface area contributed by atoms with Gasteiger partial charge >= 0.3 is 11.9 Å². The molecule has 0 radical (unpaired) electrons. The molecule has 0 bridgehead atoms. The normalized spacial score (nSPS) is 21.2. The Morgan fingerprint density at radius 1 is 1.05 bits per heavy atom. The maximum absolute atomic E-state index is 14.3. The Morgan fingerprint density at radius 3 is 2.46 bits per heavy atom. The van der Waals surface area contributed by atoms with Crippen LogP contribution in [0.1, 0.15) is 50.2 Å². The molecule has 1 heterocycles. The van der Waals surface area contributed by atoms with Crippen LogP contribution >= 0.6 is 11.6 Å². The predicted octanol–water partition coefficient (Wildman–Crippen LogP) is 5.06. The highest BCUT2D eigenvalue weighted by molar-refractivity contribution is 6.30. The molecule has 3 unspecified atom stereocenters. The van der Waals surface area contributed by atoms with Gasteiger partial charge in [0, 0.05) is 33.8 Å². The van der Waals surface area contributed by atoms with Crippen molar-refractivity contribution >= 4 is 29.3 Å². The quantitative estimate of drug-likeness (QED) is 0.400. The first kappa shape index (κ1) is 26.5. The van der Waals surface area contributed by atoms with Crippen LogP contribution in [0.2, 0.25) is 5.02 Å². The van der Waals surface area contributed by atoms with Crippen molar-refractivity contribution in [3.63, 3.8) is 0 Å². The van der Waals surface area contributed by atoms with Crippen molar-refractivity contribution in [2.75, 3.05) is 20.3 Å². The van der Waals surface area contributed by atoms with Crippen molar-refractivity contribution < 1.29 is 28.6 Å². The molecule has 2 aromatic carbocycles. The molecular weight excluding hydrogens is 494 g/mol. The summed E-state index contributed by atoms with van der Waals surface area (Å²) in [5, 5.41) is 3.76. The van der Waals surface area contributed by atoms with Gasteiger partial charge in [0.05, 0.1) is 25.9 Å². The van der Waals surface area contributed by atoms with Crippen molar-refractivity contribution in [2.24, 2.45) is 5.92 Å². The lowest BCUT2D eigenvalue weighted by Gasteiger charge is -2.39. The molecule has 1 N–H and O–H groups in total. The summed E-state index contributed by atoms with van der Waals surface area (Å²) >= 11 is 6.32. The number of ketones is 1. The number of halogens is 1. The summed E-state index contributed by atoms with van der Waals surface area (Å²) < 4.78 is 16.3. The monoisotopic (exact) mass is 523 g/mol. The molecule has 7 nitrogen and oxygen atoms in total. The van der Waals surface area contributed by atoms with Gasteiger partial charge in [-0.25, -0.2) is 4.79 Å². The molecule has 37 heavy (non-hydrogen) atoms. The number of nitrogens with one attached hydrogen (secondary N) is 1. The molecule has 194 valence electrons. The number of Topliss-reactive ketones (excluding diaryl/α,β-unsaturated/α-hetero) is 1. The minimum Gasteiger partial charge on any atom is -0.496 e. The molecule has 2 aliphatic rings. The smallest absolute Gasteiger partial charge is 0.336 e. The largest absolute Gasteiger partial charge is 0.496 e. The van der Waals surface area contributed by atoms with E-state index >= 15 is 0 Å². The van der Waals surface area contributed by atoms with E-state index in [1.807, 2.05) is 24.3 Å². The molecule has 1 aliphatic heterocycles. The molecule has 0 aromatic heterocycles. The third-order valence-electron chi connectivity index (χ3n) is 6.78. The van der Waals surface area contributed by atoms with Crippen molar-refractivity contribution in [1.29, 1.82) is 0 Å². The van der Waals surface area contributed by atoms with Gasteiger partial charge < -0.3 is 19.5 Å². The minimum absolute atomic E-state index is 0.135. The summed E-state index contributed by atoms with van der Waals surface area (Å²) in [6.07, 6.45) is 0.343. The van der Waals surface area contributed by atoms with E-state index in [2.05, 4.69) is 5.32 Å². The van der Waals surface area contributed by atoms with E-state index in [1.165, 1.54) is 0 Å². The van der Waals surface area contributed by atoms with E-state index in [0.717, 1.165) is 5.56 Å². The highest BCUT2D eigenvalue weighted by Crippen LogP contribution is 2.49. The van der Waals surface area contributed by atoms with Gasteiger partial charge in [0.25, 0.3) is 0 Å². The van der Waals surface area contributed by atoms with Crippen LogP contribution in [0.3, 0.4) is 0 Å². The molecular formula is C29H30ClNO6. The van der Waals surface area contributed by atoms with Gasteiger partial charge in [-0.3, -0.25) is 9.59 Å². The fourth-order valence-electron chi connectivity index (χ4n) is 5.30. The van der Waals surface area contributed by atoms with Crippen LogP contribution in [0.15, 0.2) is 71.1 Å². The molecule has 0 saturated heterocycles. The van der Waals surface area contributed by atoms with Crippen LogP contribution in [-0.4, -0.2) is 38.0 Å². The number of para-hydroxylation sites is 1. The number of hydrogen-bond donors (Lipinski definition) is 1. The third kappa shape index (κ3) is 5.01. The van der Waals surface area contributed by atoms with Crippen molar-refractivity contribution in [1.82, 2.24) is 5.32 Å². The van der Waals surface area contributed by atoms with Gasteiger partial charge in [0.1, 0.15) is 11.7 Å². The highest BCUT2D eigenvalue weighted by atomic mass is 35.5. The summed E-state index contributed by atoms with van der Waals surface area (Å²) in [7, 11) is 1.56. The number of ether oxygens (including phenoxy) is 3. The van der Waals surface area contributed by atoms with E-state index in [4.69, 9.17) is 25.8 Å². The van der Waals surface area contributed by atoms with Crippen molar-refractivity contribution in [2.45, 2.75) is 39.0 Å². The number of carbonyl (C=O) groups excluding carboxylic acids is 3. The molecule has 0 spiro atoms. The molecule has 0 saturated carbocycles. The molecule has 0 amide bonds. The van der Waals surface area contributed by atoms with E-state index < -0.39 is 35.5 Å². The lowest BCUT2D eigenvalue weighted by molar-refractivity contribution is -0.152. The summed E-state index contributed by atoms with van der Waals surface area (Å²) in [5.74, 6) is -3.34. The standard InChI is InChI=1S/C29H30ClNO6/c1-5-36-28(33)23-16(3)31-21-15-20(19-12-7-8-13-22(19)35-4)25(29(34)37-6-2)27(32)26(21)24(23)17-10-9-11-18(30)14-17/h7-14,20,24-25,31H,5-6,15H2,1-4H3. The Kier molecular flexibility index (Phi) is 8.03. The van der Waals surface area contributed by atoms with Crippen LogP contribution in [-0.2, 0) is 23.9 Å². The SMILES string of the molecule is CCOC(=O)C1=C(C)NC2=C(C(=O)C(C(=O)OCC)C(c3ccccc3OC)C2)C1c1cccc(Cl)c1. The average Bonchev–Trinajstić information content (AvgIpc) is 2.87. The topological polar surface area (TPSA) is 90.9 Å². The van der Waals surface area contributed by atoms with Gasteiger partial charge in [0.2, 0.25) is 0 Å². The molecule has 4 rings (SSSR count). The lowest BCUT2D eigenvalue weighted by atomic mass is 9.67. The Bertz CT molecular complexity index is 1300. The number of benzene rings is 2.